The number of morpholine rings is 1. The van der Waals surface area contributed by atoms with Crippen molar-refractivity contribution in [3.8, 4) is 5.75 Å². The summed E-state index contributed by atoms with van der Waals surface area (Å²) in [6, 6.07) is 7.53. The van der Waals surface area contributed by atoms with Gasteiger partial charge in [-0.1, -0.05) is 11.6 Å². The van der Waals surface area contributed by atoms with Crippen LogP contribution in [-0.2, 0) is 14.2 Å². The molecule has 9 nitrogen and oxygen atoms in total. The Morgan fingerprint density at radius 3 is 2.53 bits per heavy atom. The number of halogens is 2. The van der Waals surface area contributed by atoms with E-state index < -0.39 is 35.6 Å². The van der Waals surface area contributed by atoms with Crippen LogP contribution in [0.3, 0.4) is 0 Å². The summed E-state index contributed by atoms with van der Waals surface area (Å²) >= 11 is 5.88. The lowest BCUT2D eigenvalue weighted by Crippen LogP contribution is -2.55. The Hall–Kier alpha value is -3.21. The van der Waals surface area contributed by atoms with Crippen LogP contribution in [0, 0.1) is 5.82 Å². The SMILES string of the molecule is CC(=O)c1ccc2c(c1)[C@H](NC(=O)c1ccc(F)c(Cl)c1)[C@H](OC(=O)OCCN1CCOCC1)C(C)(C)O2. The number of carbonyl (C=O) groups excluding carboxylic acids is 3. The molecule has 0 aliphatic carbocycles. The molecule has 0 unspecified atom stereocenters. The minimum absolute atomic E-state index is 0.108. The van der Waals surface area contributed by atoms with Gasteiger partial charge in [0.1, 0.15) is 23.8 Å². The number of rotatable bonds is 7. The van der Waals surface area contributed by atoms with Crippen molar-refractivity contribution < 1.29 is 37.7 Å². The quantitative estimate of drug-likeness (QED) is 0.406. The van der Waals surface area contributed by atoms with E-state index in [1.807, 2.05) is 0 Å². The molecular formula is C27H30ClFN2O7. The molecule has 2 heterocycles. The Morgan fingerprint density at radius 1 is 1.13 bits per heavy atom. The summed E-state index contributed by atoms with van der Waals surface area (Å²) in [6.07, 6.45) is -1.96. The fourth-order valence-corrected chi connectivity index (χ4v) is 4.64. The molecule has 0 spiro atoms. The minimum Gasteiger partial charge on any atom is -0.484 e. The van der Waals surface area contributed by atoms with Crippen LogP contribution in [-0.4, -0.2) is 73.9 Å². The van der Waals surface area contributed by atoms with E-state index in [1.54, 1.807) is 32.0 Å². The smallest absolute Gasteiger partial charge is 0.484 e. The zero-order chi connectivity index (χ0) is 27.4. The highest BCUT2D eigenvalue weighted by molar-refractivity contribution is 6.31. The first-order chi connectivity index (χ1) is 18.0. The van der Waals surface area contributed by atoms with Gasteiger partial charge in [-0.3, -0.25) is 14.5 Å². The van der Waals surface area contributed by atoms with Gasteiger partial charge in [0.05, 0.1) is 24.3 Å². The molecule has 0 bridgehead atoms. The highest BCUT2D eigenvalue weighted by Gasteiger charge is 2.48. The average molecular weight is 549 g/mol. The van der Waals surface area contributed by atoms with E-state index in [-0.39, 0.29) is 23.0 Å². The number of hydrogen-bond acceptors (Lipinski definition) is 8. The number of Topliss-reactive ketones (excluding diaryl/α,β-unsaturated/α-hetero) is 1. The van der Waals surface area contributed by atoms with Crippen LogP contribution >= 0.6 is 11.6 Å². The normalized spacial score (nSPS) is 20.6. The molecule has 1 amide bonds. The zero-order valence-electron chi connectivity index (χ0n) is 21.4. The molecule has 2 atom stereocenters. The molecule has 204 valence electrons. The Kier molecular flexibility index (Phi) is 8.54. The number of benzene rings is 2. The lowest BCUT2D eigenvalue weighted by Gasteiger charge is -2.44. The second-order valence-electron chi connectivity index (χ2n) is 9.69. The largest absolute Gasteiger partial charge is 0.508 e. The molecule has 2 aliphatic heterocycles. The Bertz CT molecular complexity index is 1220. The number of ketones is 1. The third-order valence-electron chi connectivity index (χ3n) is 6.54. The summed E-state index contributed by atoms with van der Waals surface area (Å²) in [5.74, 6) is -1.01. The van der Waals surface area contributed by atoms with E-state index in [0.29, 0.717) is 36.6 Å². The van der Waals surface area contributed by atoms with Gasteiger partial charge < -0.3 is 24.3 Å². The van der Waals surface area contributed by atoms with Crippen molar-refractivity contribution in [3.05, 3.63) is 63.9 Å². The van der Waals surface area contributed by atoms with Gasteiger partial charge in [0.15, 0.2) is 11.9 Å². The van der Waals surface area contributed by atoms with E-state index in [4.69, 9.17) is 30.5 Å². The molecule has 1 fully saturated rings. The van der Waals surface area contributed by atoms with E-state index in [2.05, 4.69) is 10.2 Å². The molecule has 11 heteroatoms. The maximum atomic E-state index is 13.7. The summed E-state index contributed by atoms with van der Waals surface area (Å²) < 4.78 is 36.2. The lowest BCUT2D eigenvalue weighted by atomic mass is 9.85. The van der Waals surface area contributed by atoms with Crippen LogP contribution in [0.25, 0.3) is 0 Å². The number of nitrogens with one attached hydrogen (secondary N) is 1. The lowest BCUT2D eigenvalue weighted by molar-refractivity contribution is -0.0896. The van der Waals surface area contributed by atoms with Crippen LogP contribution in [0.15, 0.2) is 36.4 Å². The van der Waals surface area contributed by atoms with Gasteiger partial charge in [-0.25, -0.2) is 9.18 Å². The molecule has 4 rings (SSSR count). The highest BCUT2D eigenvalue weighted by Crippen LogP contribution is 2.42. The van der Waals surface area contributed by atoms with Crippen LogP contribution in [0.1, 0.15) is 53.1 Å². The summed E-state index contributed by atoms with van der Waals surface area (Å²) in [5, 5.41) is 2.65. The van der Waals surface area contributed by atoms with Crippen molar-refractivity contribution in [2.75, 3.05) is 39.5 Å². The average Bonchev–Trinajstić information content (AvgIpc) is 2.87. The molecule has 2 aromatic rings. The number of amides is 1. The van der Waals surface area contributed by atoms with E-state index in [1.165, 1.54) is 19.1 Å². The summed E-state index contributed by atoms with van der Waals surface area (Å²) in [4.78, 5) is 40.2. The molecule has 2 aromatic carbocycles. The van der Waals surface area contributed by atoms with Gasteiger partial charge in [-0.05, 0) is 57.2 Å². The summed E-state index contributed by atoms with van der Waals surface area (Å²) in [6.45, 7) is 8.24. The first-order valence-electron chi connectivity index (χ1n) is 12.3. The van der Waals surface area contributed by atoms with Crippen LogP contribution < -0.4 is 10.1 Å². The van der Waals surface area contributed by atoms with Crippen molar-refractivity contribution >= 4 is 29.4 Å². The van der Waals surface area contributed by atoms with E-state index in [9.17, 15) is 18.8 Å². The maximum Gasteiger partial charge on any atom is 0.508 e. The fourth-order valence-electron chi connectivity index (χ4n) is 4.46. The predicted octanol–water partition coefficient (Wildman–Crippen LogP) is 4.18. The molecule has 2 aliphatic rings. The maximum absolute atomic E-state index is 13.7. The molecule has 1 saturated heterocycles. The third kappa shape index (κ3) is 6.43. The second-order valence-corrected chi connectivity index (χ2v) is 10.1. The summed E-state index contributed by atoms with van der Waals surface area (Å²) in [5.41, 5.74) is -0.142. The Morgan fingerprint density at radius 2 is 1.84 bits per heavy atom. The van der Waals surface area contributed by atoms with Crippen LogP contribution in [0.2, 0.25) is 5.02 Å². The van der Waals surface area contributed by atoms with Crippen LogP contribution in [0.5, 0.6) is 5.75 Å². The number of carbonyl (C=O) groups is 3. The molecule has 0 radical (unpaired) electrons. The van der Waals surface area contributed by atoms with Gasteiger partial charge in [0, 0.05) is 36.3 Å². The predicted molar refractivity (Wildman–Crippen MR) is 136 cm³/mol. The van der Waals surface area contributed by atoms with Crippen molar-refractivity contribution in [1.29, 1.82) is 0 Å². The molecule has 38 heavy (non-hydrogen) atoms. The molecule has 0 aromatic heterocycles. The monoisotopic (exact) mass is 548 g/mol. The Labute approximate surface area is 225 Å². The zero-order valence-corrected chi connectivity index (χ0v) is 22.2. The minimum atomic E-state index is -1.09. The van der Waals surface area contributed by atoms with Gasteiger partial charge in [0.25, 0.3) is 5.91 Å². The molecule has 1 N–H and O–H groups in total. The first kappa shape index (κ1) is 27.8. The van der Waals surface area contributed by atoms with E-state index >= 15 is 0 Å². The Balaban J connectivity index is 1.58. The molecular weight excluding hydrogens is 519 g/mol. The number of nitrogens with zero attached hydrogens (tertiary/aromatic N) is 1. The van der Waals surface area contributed by atoms with Gasteiger partial charge in [0.2, 0.25) is 0 Å². The number of hydrogen-bond donors (Lipinski definition) is 1. The number of fused-ring (bicyclic) bond motifs is 1. The first-order valence-corrected chi connectivity index (χ1v) is 12.7. The standard InChI is InChI=1S/C27H30ClFN2O7/c1-16(32)17-5-7-22-19(14-17)23(30-25(33)18-4-6-21(29)20(28)15-18)24(27(2,3)38-22)37-26(34)36-13-10-31-8-11-35-12-9-31/h4-7,14-15,23-24H,8-13H2,1-3H3,(H,30,33)/t23-,24-/m0/s1. The van der Waals surface area contributed by atoms with Gasteiger partial charge in [-0.2, -0.15) is 0 Å². The highest BCUT2D eigenvalue weighted by atomic mass is 35.5. The van der Waals surface area contributed by atoms with Crippen molar-refractivity contribution in [2.24, 2.45) is 0 Å². The number of ether oxygens (including phenoxy) is 4. The second kappa shape index (κ2) is 11.7. The topological polar surface area (TPSA) is 103 Å². The fraction of sp³-hybridized carbons (Fsp3) is 0.444. The van der Waals surface area contributed by atoms with Gasteiger partial charge in [-0.15, -0.1) is 0 Å². The van der Waals surface area contributed by atoms with E-state index in [0.717, 1.165) is 19.2 Å². The van der Waals surface area contributed by atoms with Crippen molar-refractivity contribution in [1.82, 2.24) is 10.2 Å². The van der Waals surface area contributed by atoms with Crippen LogP contribution in [0.4, 0.5) is 9.18 Å². The third-order valence-corrected chi connectivity index (χ3v) is 6.82. The van der Waals surface area contributed by atoms with Crippen molar-refractivity contribution in [3.63, 3.8) is 0 Å². The molecule has 0 saturated carbocycles. The van der Waals surface area contributed by atoms with Gasteiger partial charge >= 0.3 is 6.16 Å². The summed E-state index contributed by atoms with van der Waals surface area (Å²) in [7, 11) is 0. The van der Waals surface area contributed by atoms with Crippen molar-refractivity contribution in [2.45, 2.75) is 38.5 Å².